The normalized spacial score (nSPS) is 11.0. The van der Waals surface area contributed by atoms with Crippen LogP contribution in [0.1, 0.15) is 123 Å². The Balaban J connectivity index is 1.86. The van der Waals surface area contributed by atoms with Crippen LogP contribution in [0.25, 0.3) is 0 Å². The minimum absolute atomic E-state index is 0.389. The van der Waals surface area contributed by atoms with Crippen LogP contribution in [0.15, 0.2) is 48.5 Å². The van der Waals surface area contributed by atoms with E-state index in [0.29, 0.717) is 17.5 Å². The van der Waals surface area contributed by atoms with Crippen molar-refractivity contribution < 1.29 is 29.1 Å². The van der Waals surface area contributed by atoms with Gasteiger partial charge < -0.3 is 0 Å². The third kappa shape index (κ3) is 12.4. The number of unbranched alkanes of at least 4 members (excludes halogenated alkanes) is 7. The van der Waals surface area contributed by atoms with Crippen molar-refractivity contribution in [3.63, 3.8) is 0 Å². The molecule has 6 nitrogen and oxygen atoms in total. The zero-order chi connectivity index (χ0) is 26.7. The number of hydrogen-bond acceptors (Lipinski definition) is 6. The van der Waals surface area contributed by atoms with Crippen LogP contribution >= 0.6 is 0 Å². The van der Waals surface area contributed by atoms with Crippen LogP contribution in [0.2, 0.25) is 0 Å². The summed E-state index contributed by atoms with van der Waals surface area (Å²) in [6, 6.07) is 14.7. The van der Waals surface area contributed by atoms with Gasteiger partial charge in [0.2, 0.25) is 6.29 Å². The lowest BCUT2D eigenvalue weighted by Crippen LogP contribution is -2.22. The highest BCUT2D eigenvalue weighted by molar-refractivity contribution is 5.89. The zero-order valence-corrected chi connectivity index (χ0v) is 22.8. The fourth-order valence-corrected chi connectivity index (χ4v) is 3.91. The Bertz CT molecular complexity index is 821. The summed E-state index contributed by atoms with van der Waals surface area (Å²) >= 11 is 0. The molecule has 0 unspecified atom stereocenters. The molecule has 0 aliphatic carbocycles. The fraction of sp³-hybridized carbons (Fsp3) is 0.548. The molecular formula is C31H44O6. The van der Waals surface area contributed by atoms with Gasteiger partial charge in [0.05, 0.1) is 11.1 Å². The smallest absolute Gasteiger partial charge is 0.290 e. The van der Waals surface area contributed by atoms with Gasteiger partial charge >= 0.3 is 11.9 Å². The van der Waals surface area contributed by atoms with Crippen LogP contribution in [-0.2, 0) is 32.4 Å². The highest BCUT2D eigenvalue weighted by Gasteiger charge is 2.19. The molecule has 0 saturated carbocycles. The molecule has 2 aromatic carbocycles. The molecule has 0 amide bonds. The molecular weight excluding hydrogens is 468 g/mol. The lowest BCUT2D eigenvalue weighted by Gasteiger charge is -2.15. The standard InChI is InChI=1S/C31H44O6/c1-4-7-10-13-16-29(34-36-30(32)27-21-17-25(18-22-27)14-11-8-5-2)35-37-31(33)28-23-19-26(20-24-28)15-12-9-6-3/h17-24,29H,4-16H2,1-3H3. The summed E-state index contributed by atoms with van der Waals surface area (Å²) in [7, 11) is 0. The van der Waals surface area contributed by atoms with Crippen LogP contribution in [-0.4, -0.2) is 18.2 Å². The van der Waals surface area contributed by atoms with Gasteiger partial charge in [0, 0.05) is 6.42 Å². The summed E-state index contributed by atoms with van der Waals surface area (Å²) in [4.78, 5) is 45.5. The van der Waals surface area contributed by atoms with E-state index in [0.717, 1.165) is 51.4 Å². The van der Waals surface area contributed by atoms with E-state index in [4.69, 9.17) is 19.6 Å². The third-order valence-corrected chi connectivity index (χ3v) is 6.27. The van der Waals surface area contributed by atoms with Crippen molar-refractivity contribution in [1.29, 1.82) is 0 Å². The van der Waals surface area contributed by atoms with Crippen molar-refractivity contribution in [2.45, 2.75) is 111 Å². The summed E-state index contributed by atoms with van der Waals surface area (Å²) in [6.45, 7) is 6.47. The van der Waals surface area contributed by atoms with E-state index >= 15 is 0 Å². The monoisotopic (exact) mass is 512 g/mol. The van der Waals surface area contributed by atoms with Gasteiger partial charge in [-0.05, 0) is 67.5 Å². The Morgan fingerprint density at radius 1 is 0.568 bits per heavy atom. The van der Waals surface area contributed by atoms with Crippen molar-refractivity contribution >= 4 is 11.9 Å². The summed E-state index contributed by atoms with van der Waals surface area (Å²) < 4.78 is 0. The molecule has 0 heterocycles. The van der Waals surface area contributed by atoms with E-state index in [1.54, 1.807) is 24.3 Å². The van der Waals surface area contributed by atoms with E-state index in [-0.39, 0.29) is 0 Å². The Labute approximate surface area is 222 Å². The van der Waals surface area contributed by atoms with Crippen molar-refractivity contribution in [3.8, 4) is 0 Å². The van der Waals surface area contributed by atoms with E-state index in [9.17, 15) is 9.59 Å². The number of benzene rings is 2. The second-order valence-electron chi connectivity index (χ2n) is 9.52. The maximum atomic E-state index is 12.5. The topological polar surface area (TPSA) is 71.1 Å². The first kappa shape index (κ1) is 30.5. The van der Waals surface area contributed by atoms with Crippen LogP contribution in [0.5, 0.6) is 0 Å². The molecule has 0 saturated heterocycles. The van der Waals surface area contributed by atoms with Crippen LogP contribution < -0.4 is 0 Å². The van der Waals surface area contributed by atoms with Gasteiger partial charge in [0.25, 0.3) is 0 Å². The van der Waals surface area contributed by atoms with Crippen LogP contribution in [0.3, 0.4) is 0 Å². The molecule has 0 spiro atoms. The Hall–Kier alpha value is -2.70. The molecule has 0 radical (unpaired) electrons. The molecule has 0 N–H and O–H groups in total. The first-order chi connectivity index (χ1) is 18.1. The van der Waals surface area contributed by atoms with Gasteiger partial charge in [-0.2, -0.15) is 0 Å². The molecule has 6 heteroatoms. The lowest BCUT2D eigenvalue weighted by atomic mass is 10.1. The second kappa shape index (κ2) is 18.5. The van der Waals surface area contributed by atoms with E-state index in [1.807, 2.05) is 24.3 Å². The van der Waals surface area contributed by atoms with Gasteiger partial charge in [-0.25, -0.2) is 9.59 Å². The Morgan fingerprint density at radius 3 is 1.38 bits per heavy atom. The Kier molecular flexibility index (Phi) is 15.3. The first-order valence-electron chi connectivity index (χ1n) is 14.0. The average Bonchev–Trinajstić information content (AvgIpc) is 2.92. The van der Waals surface area contributed by atoms with E-state index in [1.165, 1.54) is 36.8 Å². The maximum absolute atomic E-state index is 12.5. The first-order valence-corrected chi connectivity index (χ1v) is 14.0. The van der Waals surface area contributed by atoms with Crippen LogP contribution in [0, 0.1) is 0 Å². The van der Waals surface area contributed by atoms with Gasteiger partial charge in [0.1, 0.15) is 0 Å². The number of aryl methyl sites for hydroxylation is 2. The number of rotatable bonds is 19. The van der Waals surface area contributed by atoms with Gasteiger partial charge in [-0.3, -0.25) is 9.78 Å². The number of carbonyl (C=O) groups excluding carboxylic acids is 2. The predicted molar refractivity (Wildman–Crippen MR) is 145 cm³/mol. The fourth-order valence-electron chi connectivity index (χ4n) is 3.91. The molecule has 0 aromatic heterocycles. The van der Waals surface area contributed by atoms with Crippen molar-refractivity contribution in [3.05, 3.63) is 70.8 Å². The van der Waals surface area contributed by atoms with Crippen molar-refractivity contribution in [2.24, 2.45) is 0 Å². The highest BCUT2D eigenvalue weighted by Crippen LogP contribution is 2.15. The van der Waals surface area contributed by atoms with Crippen molar-refractivity contribution in [2.75, 3.05) is 0 Å². The molecule has 0 bridgehead atoms. The minimum atomic E-state index is -1.01. The largest absolute Gasteiger partial charge is 0.373 e. The number of carbonyl (C=O) groups is 2. The Morgan fingerprint density at radius 2 is 0.973 bits per heavy atom. The summed E-state index contributed by atoms with van der Waals surface area (Å²) in [6.07, 6.45) is 12.3. The van der Waals surface area contributed by atoms with Gasteiger partial charge in [-0.15, -0.1) is 9.78 Å². The van der Waals surface area contributed by atoms with Gasteiger partial charge in [-0.1, -0.05) is 90.0 Å². The average molecular weight is 513 g/mol. The molecule has 2 rings (SSSR count). The SMILES string of the molecule is CCCCCCC(OOC(=O)c1ccc(CCCCC)cc1)OOC(=O)c1ccc(CCCCC)cc1. The minimum Gasteiger partial charge on any atom is -0.290 e. The molecule has 0 fully saturated rings. The molecule has 204 valence electrons. The summed E-state index contributed by atoms with van der Waals surface area (Å²) in [5.74, 6) is -1.24. The van der Waals surface area contributed by atoms with E-state index < -0.39 is 18.2 Å². The number of hydrogen-bond donors (Lipinski definition) is 0. The molecule has 0 aliphatic rings. The van der Waals surface area contributed by atoms with Crippen molar-refractivity contribution in [1.82, 2.24) is 0 Å². The zero-order valence-electron chi connectivity index (χ0n) is 22.8. The second-order valence-corrected chi connectivity index (χ2v) is 9.52. The quantitative estimate of drug-likeness (QED) is 0.0815. The maximum Gasteiger partial charge on any atom is 0.373 e. The van der Waals surface area contributed by atoms with Crippen LogP contribution in [0.4, 0.5) is 0 Å². The van der Waals surface area contributed by atoms with E-state index in [2.05, 4.69) is 20.8 Å². The highest BCUT2D eigenvalue weighted by atomic mass is 17.3. The predicted octanol–water partition coefficient (Wildman–Crippen LogP) is 8.33. The molecule has 0 atom stereocenters. The summed E-state index contributed by atoms with van der Waals surface area (Å²) in [5, 5.41) is 0. The molecule has 2 aromatic rings. The van der Waals surface area contributed by atoms with Gasteiger partial charge in [0.15, 0.2) is 0 Å². The molecule has 0 aliphatic heterocycles. The third-order valence-electron chi connectivity index (χ3n) is 6.27. The summed E-state index contributed by atoms with van der Waals surface area (Å²) in [5.41, 5.74) is 3.15. The molecule has 37 heavy (non-hydrogen) atoms. The lowest BCUT2D eigenvalue weighted by molar-refractivity contribution is -0.421.